The minimum atomic E-state index is -1.09. The molecular weight excluding hydrogens is 408 g/mol. The van der Waals surface area contributed by atoms with Crippen molar-refractivity contribution < 1.29 is 19.4 Å². The Hall–Kier alpha value is -2.87. The van der Waals surface area contributed by atoms with Gasteiger partial charge in [0.15, 0.2) is 0 Å². The molecule has 8 heteroatoms. The first-order chi connectivity index (χ1) is 15.5. The molecule has 3 rings (SSSR count). The summed E-state index contributed by atoms with van der Waals surface area (Å²) in [4.78, 5) is 28.9. The molecule has 1 unspecified atom stereocenters. The van der Waals surface area contributed by atoms with Crippen LogP contribution in [0.4, 0.5) is 0 Å². The first kappa shape index (κ1) is 23.8. The molecule has 1 amide bonds. The molecule has 0 bridgehead atoms. The van der Waals surface area contributed by atoms with Gasteiger partial charge in [-0.15, -0.1) is 0 Å². The largest absolute Gasteiger partial charge is 0.480 e. The van der Waals surface area contributed by atoms with E-state index in [0.29, 0.717) is 23.4 Å². The van der Waals surface area contributed by atoms with E-state index in [-0.39, 0.29) is 13.0 Å². The van der Waals surface area contributed by atoms with E-state index in [1.807, 2.05) is 0 Å². The van der Waals surface area contributed by atoms with Crippen molar-refractivity contribution in [3.8, 4) is 0 Å². The summed E-state index contributed by atoms with van der Waals surface area (Å²) in [5.74, 6) is -1.54. The van der Waals surface area contributed by atoms with Crippen molar-refractivity contribution in [1.29, 1.82) is 0 Å². The number of nitrogens with one attached hydrogen (secondary N) is 1. The number of aromatic nitrogens is 3. The lowest BCUT2D eigenvalue weighted by Gasteiger charge is -2.16. The topological polar surface area (TPSA) is 114 Å². The summed E-state index contributed by atoms with van der Waals surface area (Å²) in [5, 5.41) is 19.7. The fourth-order valence-corrected chi connectivity index (χ4v) is 4.01. The van der Waals surface area contributed by atoms with Crippen LogP contribution >= 0.6 is 0 Å². The Balaban J connectivity index is 1.36. The van der Waals surface area contributed by atoms with Crippen molar-refractivity contribution in [2.75, 3.05) is 13.2 Å². The van der Waals surface area contributed by atoms with Gasteiger partial charge >= 0.3 is 5.97 Å². The molecule has 0 fully saturated rings. The second-order valence-corrected chi connectivity index (χ2v) is 8.33. The number of carbonyl (C=O) groups excluding carboxylic acids is 1. The number of aryl methyl sites for hydroxylation is 5. The number of hydrogen-bond acceptors (Lipinski definition) is 6. The number of pyridine rings is 1. The van der Waals surface area contributed by atoms with E-state index in [4.69, 9.17) is 9.72 Å². The second-order valence-electron chi connectivity index (χ2n) is 8.33. The van der Waals surface area contributed by atoms with Gasteiger partial charge in [-0.2, -0.15) is 10.2 Å². The third-order valence-corrected chi connectivity index (χ3v) is 5.80. The van der Waals surface area contributed by atoms with E-state index >= 15 is 0 Å². The Morgan fingerprint density at radius 2 is 1.97 bits per heavy atom. The Morgan fingerprint density at radius 3 is 2.75 bits per heavy atom. The highest BCUT2D eigenvalue weighted by atomic mass is 16.5. The van der Waals surface area contributed by atoms with Crippen LogP contribution in [-0.2, 0) is 28.8 Å². The monoisotopic (exact) mass is 440 g/mol. The predicted octanol–water partition coefficient (Wildman–Crippen LogP) is 2.98. The minimum Gasteiger partial charge on any atom is -0.480 e. The highest BCUT2D eigenvalue weighted by Gasteiger charge is 2.23. The maximum atomic E-state index is 12.5. The number of nitrogens with zero attached hydrogens (tertiary/aromatic N) is 3. The molecule has 0 spiro atoms. The summed E-state index contributed by atoms with van der Waals surface area (Å²) in [5.41, 5.74) is 5.28. The van der Waals surface area contributed by atoms with Crippen molar-refractivity contribution in [2.24, 2.45) is 0 Å². The highest BCUT2D eigenvalue weighted by Crippen LogP contribution is 2.20. The maximum absolute atomic E-state index is 12.5. The summed E-state index contributed by atoms with van der Waals surface area (Å²) in [7, 11) is 0. The third-order valence-electron chi connectivity index (χ3n) is 5.80. The van der Waals surface area contributed by atoms with Crippen LogP contribution in [0.25, 0.3) is 0 Å². The highest BCUT2D eigenvalue weighted by molar-refractivity contribution is 5.98. The molecule has 1 aliphatic rings. The summed E-state index contributed by atoms with van der Waals surface area (Å²) in [6.45, 7) is 4.24. The lowest BCUT2D eigenvalue weighted by Crippen LogP contribution is -2.42. The summed E-state index contributed by atoms with van der Waals surface area (Å²) < 4.78 is 5.62. The number of carbonyl (C=O) groups is 2. The Bertz CT molecular complexity index is 927. The molecule has 2 N–H and O–H groups in total. The number of rotatable bonds is 11. The minimum absolute atomic E-state index is 0.198. The Labute approximate surface area is 188 Å². The van der Waals surface area contributed by atoms with Crippen LogP contribution in [0.5, 0.6) is 0 Å². The van der Waals surface area contributed by atoms with Gasteiger partial charge in [-0.05, 0) is 76.0 Å². The van der Waals surface area contributed by atoms with Crippen LogP contribution in [0.3, 0.4) is 0 Å². The molecule has 0 saturated carbocycles. The zero-order chi connectivity index (χ0) is 22.9. The van der Waals surface area contributed by atoms with Crippen molar-refractivity contribution >= 4 is 11.9 Å². The van der Waals surface area contributed by atoms with Crippen LogP contribution in [0.2, 0.25) is 0 Å². The first-order valence-corrected chi connectivity index (χ1v) is 11.3. The van der Waals surface area contributed by atoms with Gasteiger partial charge in [0.2, 0.25) is 0 Å². The predicted molar refractivity (Wildman–Crippen MR) is 120 cm³/mol. The molecule has 172 valence electrons. The number of unbranched alkanes of at least 4 members (excludes halogenated alkanes) is 1. The molecule has 0 aromatic carbocycles. The van der Waals surface area contributed by atoms with Crippen LogP contribution in [0.15, 0.2) is 18.3 Å². The SMILES string of the molecule is Cc1cnnc(C)c1C(=O)NC(CCOCCCCc1ccc2c(n1)CCCC2)C(=O)O. The lowest BCUT2D eigenvalue weighted by atomic mass is 9.95. The van der Waals surface area contributed by atoms with Crippen LogP contribution in [0.1, 0.15) is 70.7 Å². The molecule has 0 saturated heterocycles. The number of ether oxygens (including phenoxy) is 1. The zero-order valence-electron chi connectivity index (χ0n) is 18.9. The number of aliphatic carboxylic acids is 1. The van der Waals surface area contributed by atoms with Crippen molar-refractivity contribution in [2.45, 2.75) is 71.3 Å². The standard InChI is InChI=1S/C24H32N4O4/c1-16-15-25-28-17(2)22(16)23(29)27-21(24(30)31)12-14-32-13-6-5-8-19-11-10-18-7-3-4-9-20(18)26-19/h10-11,15,21H,3-9,12-14H2,1-2H3,(H,27,29)(H,30,31). The van der Waals surface area contributed by atoms with Gasteiger partial charge in [0.1, 0.15) is 6.04 Å². The van der Waals surface area contributed by atoms with Crippen LogP contribution < -0.4 is 5.32 Å². The van der Waals surface area contributed by atoms with E-state index in [1.165, 1.54) is 30.3 Å². The van der Waals surface area contributed by atoms with Crippen molar-refractivity contribution in [3.63, 3.8) is 0 Å². The summed E-state index contributed by atoms with van der Waals surface area (Å²) in [6, 6.07) is 3.33. The number of fused-ring (bicyclic) bond motifs is 1. The van der Waals surface area contributed by atoms with E-state index in [2.05, 4.69) is 27.6 Å². The summed E-state index contributed by atoms with van der Waals surface area (Å²) in [6.07, 6.45) is 9.18. The van der Waals surface area contributed by atoms with Crippen molar-refractivity contribution in [1.82, 2.24) is 20.5 Å². The first-order valence-electron chi connectivity index (χ1n) is 11.3. The molecule has 0 aliphatic heterocycles. The molecule has 0 radical (unpaired) electrons. The molecule has 8 nitrogen and oxygen atoms in total. The van der Waals surface area contributed by atoms with Gasteiger partial charge in [0.25, 0.3) is 5.91 Å². The van der Waals surface area contributed by atoms with E-state index < -0.39 is 17.9 Å². The number of hydrogen-bond donors (Lipinski definition) is 2. The van der Waals surface area contributed by atoms with Gasteiger partial charge in [0.05, 0.1) is 17.5 Å². The van der Waals surface area contributed by atoms with Crippen LogP contribution in [0, 0.1) is 13.8 Å². The molecule has 32 heavy (non-hydrogen) atoms. The van der Waals surface area contributed by atoms with Gasteiger partial charge in [0, 0.05) is 31.0 Å². The third kappa shape index (κ3) is 6.56. The maximum Gasteiger partial charge on any atom is 0.326 e. The van der Waals surface area contributed by atoms with Crippen molar-refractivity contribution in [3.05, 3.63) is 52.1 Å². The van der Waals surface area contributed by atoms with E-state index in [0.717, 1.165) is 37.8 Å². The van der Waals surface area contributed by atoms with Crippen LogP contribution in [-0.4, -0.2) is 51.4 Å². The van der Waals surface area contributed by atoms with Gasteiger partial charge in [-0.3, -0.25) is 9.78 Å². The number of amides is 1. The van der Waals surface area contributed by atoms with E-state index in [1.54, 1.807) is 13.8 Å². The quantitative estimate of drug-likeness (QED) is 0.516. The average molecular weight is 441 g/mol. The van der Waals surface area contributed by atoms with Gasteiger partial charge in [-0.1, -0.05) is 6.07 Å². The molecule has 1 atom stereocenters. The smallest absolute Gasteiger partial charge is 0.326 e. The molecular formula is C24H32N4O4. The fourth-order valence-electron chi connectivity index (χ4n) is 4.01. The Morgan fingerprint density at radius 1 is 1.16 bits per heavy atom. The van der Waals surface area contributed by atoms with Gasteiger partial charge in [-0.25, -0.2) is 4.79 Å². The zero-order valence-corrected chi connectivity index (χ0v) is 18.9. The molecule has 1 aliphatic carbocycles. The fraction of sp³-hybridized carbons (Fsp3) is 0.542. The van der Waals surface area contributed by atoms with Gasteiger partial charge < -0.3 is 15.2 Å². The lowest BCUT2D eigenvalue weighted by molar-refractivity contribution is -0.139. The number of carboxylic acids is 1. The molecule has 2 heterocycles. The number of carboxylic acid groups (broad SMARTS) is 1. The molecule has 2 aromatic heterocycles. The Kier molecular flexibility index (Phi) is 8.67. The normalized spacial score (nSPS) is 13.9. The average Bonchev–Trinajstić information content (AvgIpc) is 2.77. The summed E-state index contributed by atoms with van der Waals surface area (Å²) >= 11 is 0. The molecule has 2 aromatic rings. The van der Waals surface area contributed by atoms with E-state index in [9.17, 15) is 14.7 Å². The second kappa shape index (κ2) is 11.7.